The lowest BCUT2D eigenvalue weighted by atomic mass is 9.94. The van der Waals surface area contributed by atoms with E-state index in [1.165, 1.54) is 39.0 Å². The van der Waals surface area contributed by atoms with Crippen LogP contribution < -0.4 is 9.47 Å². The van der Waals surface area contributed by atoms with E-state index in [0.29, 0.717) is 19.1 Å². The molecule has 0 heterocycles. The third-order valence-electron chi connectivity index (χ3n) is 7.50. The van der Waals surface area contributed by atoms with E-state index in [0.717, 1.165) is 35.7 Å². The third kappa shape index (κ3) is 8.00. The number of benzene rings is 2. The maximum atomic E-state index is 5.98. The summed E-state index contributed by atoms with van der Waals surface area (Å²) in [6.45, 7) is 12.1. The molecule has 0 fully saturated rings. The fraction of sp³-hybridized carbons (Fsp3) is 0.351. The van der Waals surface area contributed by atoms with E-state index in [1.807, 2.05) is 0 Å². The molecule has 0 aromatic heterocycles. The highest BCUT2D eigenvalue weighted by Gasteiger charge is 2.17. The van der Waals surface area contributed by atoms with E-state index in [4.69, 9.17) is 9.47 Å². The Balaban J connectivity index is 1.74. The molecule has 0 unspecified atom stereocenters. The van der Waals surface area contributed by atoms with Crippen LogP contribution >= 0.6 is 0 Å². The van der Waals surface area contributed by atoms with E-state index in [1.54, 1.807) is 0 Å². The van der Waals surface area contributed by atoms with Crippen molar-refractivity contribution in [1.82, 2.24) is 9.80 Å². The molecule has 2 aliphatic rings. The first kappa shape index (κ1) is 30.4. The maximum Gasteiger partial charge on any atom is 0.119 e. The van der Waals surface area contributed by atoms with Gasteiger partial charge in [0.15, 0.2) is 0 Å². The zero-order valence-corrected chi connectivity index (χ0v) is 26.1. The minimum atomic E-state index is 0.478. The van der Waals surface area contributed by atoms with Gasteiger partial charge >= 0.3 is 0 Å². The van der Waals surface area contributed by atoms with Crippen molar-refractivity contribution < 1.29 is 9.47 Å². The van der Waals surface area contributed by atoms with Crippen molar-refractivity contribution in [2.24, 2.45) is 0 Å². The highest BCUT2D eigenvalue weighted by atomic mass is 16.5. The quantitative estimate of drug-likeness (QED) is 0.178. The van der Waals surface area contributed by atoms with E-state index in [2.05, 4.69) is 145 Å². The van der Waals surface area contributed by atoms with Crippen LogP contribution in [0.3, 0.4) is 0 Å². The summed E-state index contributed by atoms with van der Waals surface area (Å²) in [5.41, 5.74) is 11.3. The Morgan fingerprint density at radius 1 is 0.683 bits per heavy atom. The Morgan fingerprint density at radius 3 is 1.66 bits per heavy atom. The van der Waals surface area contributed by atoms with Crippen LogP contribution in [0, 0.1) is 13.8 Å². The summed E-state index contributed by atoms with van der Waals surface area (Å²) in [4.78, 5) is 4.25. The predicted octanol–water partition coefficient (Wildman–Crippen LogP) is 8.00. The molecule has 0 aliphatic heterocycles. The smallest absolute Gasteiger partial charge is 0.119 e. The Hall–Kier alpha value is -3.60. The summed E-state index contributed by atoms with van der Waals surface area (Å²) in [5, 5.41) is 0. The third-order valence-corrected chi connectivity index (χ3v) is 7.50. The number of likely N-dealkylation sites (N-methyl/N-ethyl adjacent to an activating group) is 2. The first-order valence-corrected chi connectivity index (χ1v) is 14.6. The molecule has 0 bridgehead atoms. The Kier molecular flexibility index (Phi) is 10.3. The molecular formula is C37H46N2O2. The minimum Gasteiger partial charge on any atom is -0.492 e. The molecule has 2 aromatic rings. The summed E-state index contributed by atoms with van der Waals surface area (Å²) in [6, 6.07) is 26.2. The number of rotatable bonds is 12. The highest BCUT2D eigenvalue weighted by Crippen LogP contribution is 2.39. The molecular weight excluding hydrogens is 504 g/mol. The van der Waals surface area contributed by atoms with Gasteiger partial charge in [-0.3, -0.25) is 0 Å². The zero-order valence-electron chi connectivity index (χ0n) is 26.1. The predicted molar refractivity (Wildman–Crippen MR) is 175 cm³/mol. The molecule has 0 saturated carbocycles. The second-order valence-electron chi connectivity index (χ2n) is 11.8. The second-order valence-corrected chi connectivity index (χ2v) is 11.8. The molecule has 0 spiro atoms. The second kappa shape index (κ2) is 13.8. The molecule has 0 saturated heterocycles. The fourth-order valence-electron chi connectivity index (χ4n) is 5.00. The van der Waals surface area contributed by atoms with Gasteiger partial charge in [0.1, 0.15) is 24.7 Å². The summed E-state index contributed by atoms with van der Waals surface area (Å²) in [5.74, 6) is 2.25. The molecule has 4 rings (SSSR count). The molecule has 216 valence electrons. The number of nitrogens with zero attached hydrogens (tertiary/aromatic N) is 2. The largest absolute Gasteiger partial charge is 0.492 e. The molecule has 0 N–H and O–H groups in total. The molecule has 41 heavy (non-hydrogen) atoms. The van der Waals surface area contributed by atoms with Crippen LogP contribution in [-0.4, -0.2) is 64.3 Å². The maximum absolute atomic E-state index is 5.98. The van der Waals surface area contributed by atoms with Gasteiger partial charge in [-0.2, -0.15) is 0 Å². The first-order valence-electron chi connectivity index (χ1n) is 14.6. The van der Waals surface area contributed by atoms with E-state index < -0.39 is 0 Å². The van der Waals surface area contributed by atoms with E-state index >= 15 is 0 Å². The number of ether oxygens (including phenoxy) is 2. The Morgan fingerprint density at radius 2 is 1.20 bits per heavy atom. The first-order chi connectivity index (χ1) is 19.6. The molecule has 4 heteroatoms. The number of hydrogen-bond acceptors (Lipinski definition) is 4. The van der Waals surface area contributed by atoms with Gasteiger partial charge in [0.05, 0.1) is 0 Å². The summed E-state index contributed by atoms with van der Waals surface area (Å²) in [7, 11) is 8.23. The average molecular weight is 551 g/mol. The van der Waals surface area contributed by atoms with Crippen LogP contribution in [0.15, 0.2) is 72.8 Å². The van der Waals surface area contributed by atoms with E-state index in [-0.39, 0.29) is 0 Å². The topological polar surface area (TPSA) is 24.9 Å². The van der Waals surface area contributed by atoms with Gasteiger partial charge < -0.3 is 19.3 Å². The van der Waals surface area contributed by atoms with Crippen molar-refractivity contribution in [2.75, 3.05) is 54.5 Å². The van der Waals surface area contributed by atoms with E-state index in [9.17, 15) is 0 Å². The molecule has 2 aliphatic carbocycles. The lowest BCUT2D eigenvalue weighted by molar-refractivity contribution is 0.261. The minimum absolute atomic E-state index is 0.478. The normalized spacial score (nSPS) is 11.5. The van der Waals surface area contributed by atoms with Gasteiger partial charge in [0.2, 0.25) is 0 Å². The van der Waals surface area contributed by atoms with Crippen molar-refractivity contribution >= 4 is 11.6 Å². The van der Waals surface area contributed by atoms with Crippen LogP contribution in [0.1, 0.15) is 53.1 Å². The van der Waals surface area contributed by atoms with Crippen molar-refractivity contribution in [3.63, 3.8) is 0 Å². The summed E-state index contributed by atoms with van der Waals surface area (Å²) in [6.07, 6.45) is 2.35. The SMILES string of the molecule is Cc1cc(C=C(c2ccc(OCCN(C)C)cc2)c2ccc(OCCN(C)C)cc2)c2c(C)ccc(C(C)C)cc1-2. The number of hydrogen-bond donors (Lipinski definition) is 0. The van der Waals surface area contributed by atoms with Crippen LogP contribution in [0.25, 0.3) is 22.8 Å². The van der Waals surface area contributed by atoms with Gasteiger partial charge in [-0.1, -0.05) is 62.4 Å². The standard InChI is InChI=1S/C37H46N2O2/c1-26(2)31-10-9-27(3)37-32(23-28(4)35(37)24-31)25-36(29-11-15-33(16-12-29)40-21-19-38(5)6)30-13-17-34(18-14-30)41-22-20-39(7)8/h9-18,23-26H,19-22H2,1-8H3. The fourth-order valence-corrected chi connectivity index (χ4v) is 5.00. The molecule has 2 aromatic carbocycles. The number of fused-ring (bicyclic) bond motifs is 1. The van der Waals surface area contributed by atoms with Crippen LogP contribution in [0.4, 0.5) is 0 Å². The van der Waals surface area contributed by atoms with Gasteiger partial charge in [0.25, 0.3) is 0 Å². The van der Waals surface area contributed by atoms with Crippen molar-refractivity contribution in [3.05, 3.63) is 106 Å². The Labute approximate surface area is 247 Å². The zero-order chi connectivity index (χ0) is 29.5. The van der Waals surface area contributed by atoms with Gasteiger partial charge in [0, 0.05) is 13.1 Å². The monoisotopic (exact) mass is 550 g/mol. The number of aryl methyl sites for hydroxylation is 2. The molecule has 0 amide bonds. The van der Waals surface area contributed by atoms with Gasteiger partial charge in [-0.05, 0) is 128 Å². The summed E-state index contributed by atoms with van der Waals surface area (Å²) >= 11 is 0. The van der Waals surface area contributed by atoms with Crippen LogP contribution in [-0.2, 0) is 0 Å². The van der Waals surface area contributed by atoms with Crippen LogP contribution in [0.2, 0.25) is 0 Å². The van der Waals surface area contributed by atoms with Crippen molar-refractivity contribution in [1.29, 1.82) is 0 Å². The van der Waals surface area contributed by atoms with Crippen LogP contribution in [0.5, 0.6) is 11.5 Å². The average Bonchev–Trinajstić information content (AvgIpc) is 3.12. The van der Waals surface area contributed by atoms with Gasteiger partial charge in [-0.25, -0.2) is 0 Å². The van der Waals surface area contributed by atoms with Crippen molar-refractivity contribution in [2.45, 2.75) is 33.6 Å². The Bertz CT molecular complexity index is 1360. The molecule has 0 radical (unpaired) electrons. The molecule has 0 atom stereocenters. The highest BCUT2D eigenvalue weighted by molar-refractivity contribution is 5.96. The molecule has 4 nitrogen and oxygen atoms in total. The lowest BCUT2D eigenvalue weighted by Crippen LogP contribution is -2.19. The van der Waals surface area contributed by atoms with Crippen molar-refractivity contribution in [3.8, 4) is 22.6 Å². The summed E-state index contributed by atoms with van der Waals surface area (Å²) < 4.78 is 12.0. The lowest BCUT2D eigenvalue weighted by Gasteiger charge is -2.14. The van der Waals surface area contributed by atoms with Gasteiger partial charge in [-0.15, -0.1) is 0 Å².